The zero-order valence-electron chi connectivity index (χ0n) is 19.0. The lowest BCUT2D eigenvalue weighted by Gasteiger charge is -2.26. The second-order valence-corrected chi connectivity index (χ2v) is 11.0. The molecule has 1 heterocycles. The number of amides is 2. The van der Waals surface area contributed by atoms with Crippen LogP contribution >= 0.6 is 11.6 Å². The summed E-state index contributed by atoms with van der Waals surface area (Å²) >= 11 is 5.84. The molecule has 33 heavy (non-hydrogen) atoms. The minimum Gasteiger partial charge on any atom is -0.447 e. The van der Waals surface area contributed by atoms with Crippen LogP contribution in [0.2, 0.25) is 5.02 Å². The quantitative estimate of drug-likeness (QED) is 0.465. The highest BCUT2D eigenvalue weighted by Crippen LogP contribution is 2.41. The van der Waals surface area contributed by atoms with Gasteiger partial charge in [0.25, 0.3) is 10.0 Å². The number of furan rings is 1. The first kappa shape index (κ1) is 25.5. The first-order valence-electron chi connectivity index (χ1n) is 10.6. The number of hydrogen-bond donors (Lipinski definition) is 3. The largest absolute Gasteiger partial charge is 0.447 e. The maximum absolute atomic E-state index is 14.8. The van der Waals surface area contributed by atoms with E-state index in [1.54, 1.807) is 34.6 Å². The molecule has 0 saturated heterocycles. The molecule has 0 radical (unpaired) electrons. The van der Waals surface area contributed by atoms with Crippen molar-refractivity contribution in [3.63, 3.8) is 0 Å². The molecular formula is C22H27ClF2N2O5S. The van der Waals surface area contributed by atoms with E-state index in [4.69, 9.17) is 16.0 Å². The van der Waals surface area contributed by atoms with Crippen LogP contribution in [0.4, 0.5) is 19.3 Å². The van der Waals surface area contributed by atoms with E-state index in [-0.39, 0.29) is 16.8 Å². The predicted molar refractivity (Wildman–Crippen MR) is 120 cm³/mol. The van der Waals surface area contributed by atoms with E-state index in [1.807, 2.05) is 4.72 Å². The Morgan fingerprint density at radius 2 is 1.73 bits per heavy atom. The van der Waals surface area contributed by atoms with E-state index in [0.29, 0.717) is 30.6 Å². The molecule has 1 unspecified atom stereocenters. The van der Waals surface area contributed by atoms with Crippen molar-refractivity contribution < 1.29 is 31.5 Å². The number of carbonyl (C=O) groups excluding carboxylic acids is 1. The number of aryl methyl sites for hydroxylation is 1. The van der Waals surface area contributed by atoms with Crippen LogP contribution < -0.4 is 10.0 Å². The van der Waals surface area contributed by atoms with Gasteiger partial charge in [0.05, 0.1) is 11.3 Å². The number of fused-ring (bicyclic) bond motifs is 1. The van der Waals surface area contributed by atoms with E-state index in [1.165, 1.54) is 6.07 Å². The molecular weight excluding hydrogens is 478 g/mol. The van der Waals surface area contributed by atoms with Crippen molar-refractivity contribution in [3.05, 3.63) is 45.2 Å². The van der Waals surface area contributed by atoms with Gasteiger partial charge in [-0.25, -0.2) is 18.3 Å². The smallest absolute Gasteiger partial charge is 0.333 e. The molecule has 0 saturated carbocycles. The van der Waals surface area contributed by atoms with E-state index in [0.717, 1.165) is 0 Å². The zero-order valence-corrected chi connectivity index (χ0v) is 20.5. The third-order valence-electron chi connectivity index (χ3n) is 5.72. The second kappa shape index (κ2) is 8.88. The zero-order chi connectivity index (χ0) is 24.9. The number of aliphatic hydroxyl groups is 1. The highest BCUT2D eigenvalue weighted by molar-refractivity contribution is 7.89. The molecule has 7 nitrogen and oxygen atoms in total. The van der Waals surface area contributed by atoms with Crippen LogP contribution in [-0.4, -0.2) is 19.6 Å². The van der Waals surface area contributed by atoms with Gasteiger partial charge >= 0.3 is 6.03 Å². The van der Waals surface area contributed by atoms with Crippen LogP contribution in [0.15, 0.2) is 15.6 Å². The van der Waals surface area contributed by atoms with Crippen LogP contribution in [0.3, 0.4) is 0 Å². The fraction of sp³-hybridized carbons (Fsp3) is 0.500. The highest BCUT2D eigenvalue weighted by atomic mass is 35.5. The van der Waals surface area contributed by atoms with Crippen LogP contribution in [-0.2, 0) is 22.0 Å². The SMILES string of the molecule is CC(C)c1c(F)c(Cl)c(F)c(C(C)C)c1NC(=O)NS(=O)(=O)c1cc2c(o1)CCCC2(C)O. The lowest BCUT2D eigenvalue weighted by molar-refractivity contribution is 0.0362. The molecule has 1 aliphatic carbocycles. The molecule has 1 aromatic heterocycles. The summed E-state index contributed by atoms with van der Waals surface area (Å²) < 4.78 is 62.3. The van der Waals surface area contributed by atoms with Crippen LogP contribution in [0.5, 0.6) is 0 Å². The Kier molecular flexibility index (Phi) is 6.85. The average Bonchev–Trinajstić information content (AvgIpc) is 3.12. The first-order chi connectivity index (χ1) is 15.2. The fourth-order valence-electron chi connectivity index (χ4n) is 4.13. The van der Waals surface area contributed by atoms with Gasteiger partial charge in [-0.05, 0) is 31.6 Å². The summed E-state index contributed by atoms with van der Waals surface area (Å²) in [7, 11) is -4.47. The molecule has 0 bridgehead atoms. The minimum absolute atomic E-state index is 0.0397. The molecule has 0 fully saturated rings. The number of halogens is 3. The van der Waals surface area contributed by atoms with Crippen molar-refractivity contribution >= 4 is 33.3 Å². The van der Waals surface area contributed by atoms with Crippen molar-refractivity contribution in [1.82, 2.24) is 4.72 Å². The average molecular weight is 505 g/mol. The van der Waals surface area contributed by atoms with Gasteiger partial charge in [0.15, 0.2) is 0 Å². The standard InChI is InChI=1S/C22H27ClF2N2O5S/c1-10(2)15-18(24)17(23)19(25)16(11(3)4)20(15)26-21(28)27-33(30,31)14-9-12-13(32-14)7-6-8-22(12,5)29/h9-11,29H,6-8H2,1-5H3,(H2,26,27,28). The number of carbonyl (C=O) groups is 1. The van der Waals surface area contributed by atoms with Gasteiger partial charge in [-0.2, -0.15) is 8.42 Å². The Morgan fingerprint density at radius 1 is 1.18 bits per heavy atom. The van der Waals surface area contributed by atoms with Gasteiger partial charge in [-0.15, -0.1) is 0 Å². The lowest BCUT2D eigenvalue weighted by Crippen LogP contribution is -2.35. The van der Waals surface area contributed by atoms with Crippen molar-refractivity contribution in [2.75, 3.05) is 5.32 Å². The second-order valence-electron chi connectivity index (χ2n) is 9.04. The Hall–Kier alpha value is -2.17. The number of benzene rings is 1. The lowest BCUT2D eigenvalue weighted by atomic mass is 9.85. The molecule has 0 aliphatic heterocycles. The summed E-state index contributed by atoms with van der Waals surface area (Å²) in [6.07, 6.45) is 1.51. The maximum atomic E-state index is 14.8. The van der Waals surface area contributed by atoms with Crippen molar-refractivity contribution in [2.24, 2.45) is 0 Å². The Balaban J connectivity index is 1.97. The molecule has 182 valence electrons. The van der Waals surface area contributed by atoms with Gasteiger partial charge in [-0.3, -0.25) is 0 Å². The van der Waals surface area contributed by atoms with Gasteiger partial charge in [0.2, 0.25) is 5.09 Å². The van der Waals surface area contributed by atoms with Crippen molar-refractivity contribution in [3.8, 4) is 0 Å². The van der Waals surface area contributed by atoms with E-state index >= 15 is 0 Å². The summed E-state index contributed by atoms with van der Waals surface area (Å²) in [4.78, 5) is 12.7. The predicted octanol–water partition coefficient (Wildman–Crippen LogP) is 5.51. The summed E-state index contributed by atoms with van der Waals surface area (Å²) in [5.41, 5.74) is -1.15. The maximum Gasteiger partial charge on any atom is 0.333 e. The number of rotatable bonds is 5. The molecule has 11 heteroatoms. The molecule has 3 N–H and O–H groups in total. The van der Waals surface area contributed by atoms with Crippen molar-refractivity contribution in [1.29, 1.82) is 0 Å². The van der Waals surface area contributed by atoms with E-state index in [2.05, 4.69) is 5.32 Å². The molecule has 2 aromatic rings. The van der Waals surface area contributed by atoms with Gasteiger partial charge in [-0.1, -0.05) is 39.3 Å². The van der Waals surface area contributed by atoms with E-state index < -0.39 is 55.2 Å². The normalized spacial score (nSPS) is 18.5. The Labute approximate surface area is 196 Å². The van der Waals surface area contributed by atoms with Gasteiger partial charge in [0, 0.05) is 29.2 Å². The molecule has 2 amide bonds. The Morgan fingerprint density at radius 3 is 2.21 bits per heavy atom. The molecule has 0 spiro atoms. The first-order valence-corrected chi connectivity index (χ1v) is 12.4. The summed E-state index contributed by atoms with van der Waals surface area (Å²) in [5, 5.41) is 11.6. The van der Waals surface area contributed by atoms with Crippen LogP contribution in [0.25, 0.3) is 0 Å². The third-order valence-corrected chi connectivity index (χ3v) is 7.23. The topological polar surface area (TPSA) is 109 Å². The highest BCUT2D eigenvalue weighted by Gasteiger charge is 2.36. The number of urea groups is 1. The van der Waals surface area contributed by atoms with Crippen LogP contribution in [0, 0.1) is 11.6 Å². The molecule has 1 atom stereocenters. The number of hydrogen-bond acceptors (Lipinski definition) is 5. The van der Waals surface area contributed by atoms with E-state index in [9.17, 15) is 27.1 Å². The number of anilines is 1. The third kappa shape index (κ3) is 4.74. The molecule has 1 aromatic carbocycles. The monoisotopic (exact) mass is 504 g/mol. The Bertz CT molecular complexity index is 1170. The molecule has 3 rings (SSSR count). The number of sulfonamides is 1. The summed E-state index contributed by atoms with van der Waals surface area (Å²) in [6.45, 7) is 8.10. The van der Waals surface area contributed by atoms with Gasteiger partial charge < -0.3 is 14.8 Å². The fourth-order valence-corrected chi connectivity index (χ4v) is 5.22. The summed E-state index contributed by atoms with van der Waals surface area (Å²) in [5.74, 6) is -2.70. The van der Waals surface area contributed by atoms with Crippen LogP contribution in [0.1, 0.15) is 81.7 Å². The van der Waals surface area contributed by atoms with Crippen molar-refractivity contribution in [2.45, 2.75) is 76.4 Å². The van der Waals surface area contributed by atoms with Gasteiger partial charge in [0.1, 0.15) is 22.4 Å². The molecule has 1 aliphatic rings. The number of nitrogens with one attached hydrogen (secondary N) is 2. The summed E-state index contributed by atoms with van der Waals surface area (Å²) in [6, 6.07) is -0.0359. The minimum atomic E-state index is -4.47.